The van der Waals surface area contributed by atoms with E-state index in [1.54, 1.807) is 0 Å². The van der Waals surface area contributed by atoms with E-state index in [0.717, 1.165) is 45.0 Å². The molecule has 1 heterocycles. The summed E-state index contributed by atoms with van der Waals surface area (Å²) in [5, 5.41) is 8.82. The third-order valence-electron chi connectivity index (χ3n) is 3.82. The van der Waals surface area contributed by atoms with Crippen molar-refractivity contribution in [3.63, 3.8) is 0 Å². The van der Waals surface area contributed by atoms with E-state index >= 15 is 0 Å². The minimum absolute atomic E-state index is 0.515. The van der Waals surface area contributed by atoms with Gasteiger partial charge in [0.1, 0.15) is 0 Å². The zero-order valence-electron chi connectivity index (χ0n) is 13.6. The lowest BCUT2D eigenvalue weighted by Crippen LogP contribution is -2.38. The highest BCUT2D eigenvalue weighted by atomic mass is 32.1. The fourth-order valence-electron chi connectivity index (χ4n) is 2.66. The van der Waals surface area contributed by atoms with Crippen molar-refractivity contribution in [3.05, 3.63) is 22.4 Å². The van der Waals surface area contributed by atoms with E-state index in [1.807, 2.05) is 11.3 Å². The maximum absolute atomic E-state index is 5.87. The van der Waals surface area contributed by atoms with Crippen LogP contribution in [0.3, 0.4) is 0 Å². The second-order valence-electron chi connectivity index (χ2n) is 5.65. The molecule has 1 fully saturated rings. The molecule has 2 rings (SSSR count). The minimum Gasteiger partial charge on any atom is -0.378 e. The number of nitrogens with zero attached hydrogens (tertiary/aromatic N) is 1. The Morgan fingerprint density at radius 2 is 2.23 bits per heavy atom. The lowest BCUT2D eigenvalue weighted by Gasteiger charge is -2.12. The molecule has 0 aliphatic heterocycles. The predicted octanol–water partition coefficient (Wildman–Crippen LogP) is 3.20. The average Bonchev–Trinajstić information content (AvgIpc) is 3.20. The molecule has 22 heavy (non-hydrogen) atoms. The first kappa shape index (κ1) is 17.3. The summed E-state index contributed by atoms with van der Waals surface area (Å²) in [5.74, 6) is 0.917. The molecule has 0 amide bonds. The van der Waals surface area contributed by atoms with Gasteiger partial charge in [0, 0.05) is 31.1 Å². The molecule has 2 N–H and O–H groups in total. The van der Waals surface area contributed by atoms with Gasteiger partial charge >= 0.3 is 0 Å². The van der Waals surface area contributed by atoms with Gasteiger partial charge in [0.2, 0.25) is 0 Å². The van der Waals surface area contributed by atoms with Gasteiger partial charge in [0.05, 0.1) is 6.10 Å². The first-order valence-electron chi connectivity index (χ1n) is 8.54. The quantitative estimate of drug-likeness (QED) is 0.417. The van der Waals surface area contributed by atoms with Crippen LogP contribution in [0.2, 0.25) is 0 Å². The zero-order chi connectivity index (χ0) is 15.5. The van der Waals surface area contributed by atoms with Gasteiger partial charge in [-0.3, -0.25) is 4.99 Å². The van der Waals surface area contributed by atoms with Crippen molar-refractivity contribution in [2.45, 2.75) is 51.6 Å². The Morgan fingerprint density at radius 1 is 1.36 bits per heavy atom. The largest absolute Gasteiger partial charge is 0.378 e. The van der Waals surface area contributed by atoms with Gasteiger partial charge in [-0.15, -0.1) is 11.3 Å². The molecule has 1 aromatic rings. The Labute approximate surface area is 138 Å². The zero-order valence-corrected chi connectivity index (χ0v) is 14.5. The van der Waals surface area contributed by atoms with Crippen molar-refractivity contribution in [1.82, 2.24) is 10.6 Å². The lowest BCUT2D eigenvalue weighted by molar-refractivity contribution is 0.0579. The molecular weight excluding hydrogens is 294 g/mol. The molecule has 0 spiro atoms. The molecule has 1 saturated carbocycles. The van der Waals surface area contributed by atoms with Crippen LogP contribution in [0.25, 0.3) is 0 Å². The summed E-state index contributed by atoms with van der Waals surface area (Å²) in [6.07, 6.45) is 7.72. The molecule has 0 bridgehead atoms. The highest BCUT2D eigenvalue weighted by molar-refractivity contribution is 7.09. The lowest BCUT2D eigenvalue weighted by atomic mass is 10.3. The summed E-state index contributed by atoms with van der Waals surface area (Å²) < 4.78 is 5.87. The van der Waals surface area contributed by atoms with Gasteiger partial charge in [-0.25, -0.2) is 0 Å². The van der Waals surface area contributed by atoms with Gasteiger partial charge in [0.15, 0.2) is 5.96 Å². The van der Waals surface area contributed by atoms with Crippen LogP contribution in [0.15, 0.2) is 22.5 Å². The Morgan fingerprint density at radius 3 is 2.95 bits per heavy atom. The second kappa shape index (κ2) is 10.6. The summed E-state index contributed by atoms with van der Waals surface area (Å²) in [5.41, 5.74) is 0. The molecule has 0 saturated heterocycles. The fraction of sp³-hybridized carbons (Fsp3) is 0.706. The van der Waals surface area contributed by atoms with Crippen molar-refractivity contribution in [2.75, 3.05) is 26.2 Å². The topological polar surface area (TPSA) is 45.7 Å². The Hall–Kier alpha value is -1.07. The summed E-state index contributed by atoms with van der Waals surface area (Å²) in [7, 11) is 0. The van der Waals surface area contributed by atoms with E-state index in [4.69, 9.17) is 4.74 Å². The van der Waals surface area contributed by atoms with E-state index < -0.39 is 0 Å². The molecule has 1 aliphatic carbocycles. The van der Waals surface area contributed by atoms with Crippen molar-refractivity contribution >= 4 is 17.3 Å². The van der Waals surface area contributed by atoms with Gasteiger partial charge in [0.25, 0.3) is 0 Å². The van der Waals surface area contributed by atoms with E-state index in [9.17, 15) is 0 Å². The summed E-state index contributed by atoms with van der Waals surface area (Å²) >= 11 is 1.81. The first-order valence-corrected chi connectivity index (χ1v) is 9.42. The molecule has 1 aromatic heterocycles. The van der Waals surface area contributed by atoms with E-state index in [2.05, 4.69) is 40.1 Å². The number of rotatable bonds is 9. The molecule has 0 radical (unpaired) electrons. The average molecular weight is 324 g/mol. The predicted molar refractivity (Wildman–Crippen MR) is 94.8 cm³/mol. The first-order chi connectivity index (χ1) is 10.9. The highest BCUT2D eigenvalue weighted by Crippen LogP contribution is 2.20. The van der Waals surface area contributed by atoms with Crippen molar-refractivity contribution in [3.8, 4) is 0 Å². The molecule has 0 atom stereocenters. The maximum atomic E-state index is 5.87. The fourth-order valence-corrected chi connectivity index (χ4v) is 3.37. The van der Waals surface area contributed by atoms with Crippen molar-refractivity contribution in [1.29, 1.82) is 0 Å². The highest BCUT2D eigenvalue weighted by Gasteiger charge is 2.14. The van der Waals surface area contributed by atoms with Gasteiger partial charge < -0.3 is 15.4 Å². The summed E-state index contributed by atoms with van der Waals surface area (Å²) in [6.45, 7) is 5.57. The number of guanidine groups is 1. The number of aliphatic imine (C=N–C) groups is 1. The maximum Gasteiger partial charge on any atom is 0.191 e. The van der Waals surface area contributed by atoms with Crippen LogP contribution in [0.4, 0.5) is 0 Å². The monoisotopic (exact) mass is 323 g/mol. The number of hydrogen-bond acceptors (Lipinski definition) is 3. The molecule has 0 unspecified atom stereocenters. The van der Waals surface area contributed by atoms with Gasteiger partial charge in [-0.05, 0) is 44.1 Å². The van der Waals surface area contributed by atoms with Crippen LogP contribution in [0, 0.1) is 0 Å². The molecule has 4 nitrogen and oxygen atoms in total. The summed E-state index contributed by atoms with van der Waals surface area (Å²) in [6, 6.07) is 4.28. The van der Waals surface area contributed by atoms with Gasteiger partial charge in [-0.2, -0.15) is 0 Å². The number of ether oxygens (including phenoxy) is 1. The van der Waals surface area contributed by atoms with Crippen LogP contribution in [0.5, 0.6) is 0 Å². The van der Waals surface area contributed by atoms with Crippen LogP contribution < -0.4 is 10.6 Å². The number of nitrogens with one attached hydrogen (secondary N) is 2. The number of thiophene rings is 1. The van der Waals surface area contributed by atoms with Crippen molar-refractivity contribution in [2.24, 2.45) is 4.99 Å². The number of hydrogen-bond donors (Lipinski definition) is 2. The van der Waals surface area contributed by atoms with E-state index in [-0.39, 0.29) is 0 Å². The molecule has 0 aromatic carbocycles. The third kappa shape index (κ3) is 6.79. The van der Waals surface area contributed by atoms with Crippen LogP contribution in [-0.4, -0.2) is 38.3 Å². The van der Waals surface area contributed by atoms with Crippen LogP contribution >= 0.6 is 11.3 Å². The van der Waals surface area contributed by atoms with E-state index in [1.165, 1.54) is 30.6 Å². The molecule has 124 valence electrons. The van der Waals surface area contributed by atoms with E-state index in [0.29, 0.717) is 6.10 Å². The second-order valence-corrected chi connectivity index (χ2v) is 6.68. The minimum atomic E-state index is 0.515. The summed E-state index contributed by atoms with van der Waals surface area (Å²) in [4.78, 5) is 6.02. The van der Waals surface area contributed by atoms with Crippen molar-refractivity contribution < 1.29 is 4.74 Å². The van der Waals surface area contributed by atoms with Gasteiger partial charge in [-0.1, -0.05) is 18.9 Å². The molecule has 1 aliphatic rings. The Balaban J connectivity index is 1.58. The SMILES string of the molecule is CCNC(=NCCCOC1CCCC1)NCCc1cccs1. The third-order valence-corrected chi connectivity index (χ3v) is 4.75. The molecule has 5 heteroatoms. The molecular formula is C17H29N3OS. The standard InChI is InChI=1S/C17H29N3OS/c1-2-18-17(20-12-10-16-9-5-14-22-16)19-11-6-13-21-15-7-3-4-8-15/h5,9,14-15H,2-4,6-8,10-13H2,1H3,(H2,18,19,20). The normalized spacial score (nSPS) is 16.1. The Bertz CT molecular complexity index is 414. The van der Waals surface area contributed by atoms with Crippen LogP contribution in [0.1, 0.15) is 43.9 Å². The smallest absolute Gasteiger partial charge is 0.191 e. The Kier molecular flexibility index (Phi) is 8.35. The van der Waals surface area contributed by atoms with Crippen LogP contribution in [-0.2, 0) is 11.2 Å².